The average Bonchev–Trinajstić information content (AvgIpc) is 3.70. The lowest BCUT2D eigenvalue weighted by atomic mass is 9.83. The Morgan fingerprint density at radius 1 is 1.11 bits per heavy atom. The normalized spacial score (nSPS) is 21.2. The molecule has 4 atom stereocenters. The van der Waals surface area contributed by atoms with Crippen molar-refractivity contribution in [2.45, 2.75) is 42.3 Å². The quantitative estimate of drug-likeness (QED) is 0.299. The molecule has 3 aromatic rings. The first-order valence-electron chi connectivity index (χ1n) is 13.4. The average molecular weight is 639 g/mol. The van der Waals surface area contributed by atoms with Crippen molar-refractivity contribution in [2.24, 2.45) is 17.8 Å². The van der Waals surface area contributed by atoms with E-state index in [1.807, 2.05) is 0 Å². The van der Waals surface area contributed by atoms with Gasteiger partial charge in [-0.2, -0.15) is 18.3 Å². The van der Waals surface area contributed by atoms with E-state index in [0.717, 1.165) is 28.9 Å². The van der Waals surface area contributed by atoms with Crippen molar-refractivity contribution in [2.75, 3.05) is 12.4 Å². The molecule has 0 saturated heterocycles. The highest BCUT2D eigenvalue weighted by molar-refractivity contribution is 7.92. The fraction of sp³-hybridized carbons (Fsp3) is 0.357. The number of halogens is 4. The number of fused-ring (bicyclic) bond motifs is 2. The Morgan fingerprint density at radius 2 is 1.84 bits per heavy atom. The number of benzene rings is 2. The summed E-state index contributed by atoms with van der Waals surface area (Å²) in [6, 6.07) is 6.59. The van der Waals surface area contributed by atoms with Crippen LogP contribution in [0.25, 0.3) is 0 Å². The molecule has 1 aromatic heterocycles. The Labute approximate surface area is 248 Å². The van der Waals surface area contributed by atoms with Gasteiger partial charge in [-0.1, -0.05) is 6.07 Å². The molecule has 11 nitrogen and oxygen atoms in total. The van der Waals surface area contributed by atoms with Gasteiger partial charge in [0.1, 0.15) is 17.3 Å². The van der Waals surface area contributed by atoms with Crippen LogP contribution in [-0.2, 0) is 21.2 Å². The van der Waals surface area contributed by atoms with Crippen LogP contribution in [0, 0.1) is 23.6 Å². The molecular weight excluding hydrogens is 612 g/mol. The Morgan fingerprint density at radius 3 is 2.52 bits per heavy atom. The predicted molar refractivity (Wildman–Crippen MR) is 145 cm³/mol. The first-order valence-corrected chi connectivity index (χ1v) is 14.8. The first-order chi connectivity index (χ1) is 20.7. The van der Waals surface area contributed by atoms with E-state index in [1.54, 1.807) is 0 Å². The number of anilines is 1. The monoisotopic (exact) mass is 638 g/mol. The molecule has 16 heteroatoms. The van der Waals surface area contributed by atoms with Gasteiger partial charge < -0.3 is 20.5 Å². The maximum Gasteiger partial charge on any atom is 0.501 e. The van der Waals surface area contributed by atoms with Gasteiger partial charge in [0.25, 0.3) is 15.7 Å². The third-order valence-corrected chi connectivity index (χ3v) is 9.59. The van der Waals surface area contributed by atoms with Gasteiger partial charge in [-0.05, 0) is 61.4 Å². The molecule has 2 aliphatic carbocycles. The molecule has 1 heterocycles. The summed E-state index contributed by atoms with van der Waals surface area (Å²) >= 11 is 0. The number of rotatable bonds is 9. The largest absolute Gasteiger partial charge is 0.501 e. The lowest BCUT2D eigenvalue weighted by Gasteiger charge is -2.31. The lowest BCUT2D eigenvalue weighted by molar-refractivity contribution is -0.122. The second-order valence-electron chi connectivity index (χ2n) is 10.6. The number of alkyl halides is 3. The number of sulfone groups is 1. The van der Waals surface area contributed by atoms with E-state index in [1.165, 1.54) is 31.5 Å². The first kappa shape index (κ1) is 31.0. The van der Waals surface area contributed by atoms with Gasteiger partial charge in [-0.25, -0.2) is 17.6 Å². The van der Waals surface area contributed by atoms with Gasteiger partial charge in [-0.15, -0.1) is 0 Å². The van der Waals surface area contributed by atoms with E-state index in [-0.39, 0.29) is 46.6 Å². The van der Waals surface area contributed by atoms with E-state index >= 15 is 0 Å². The van der Waals surface area contributed by atoms with Gasteiger partial charge >= 0.3 is 11.5 Å². The van der Waals surface area contributed by atoms with Crippen LogP contribution >= 0.6 is 0 Å². The van der Waals surface area contributed by atoms with Crippen LogP contribution < -0.4 is 15.4 Å². The fourth-order valence-corrected chi connectivity index (χ4v) is 6.88. The van der Waals surface area contributed by atoms with Crippen molar-refractivity contribution in [1.29, 1.82) is 0 Å². The third kappa shape index (κ3) is 5.73. The van der Waals surface area contributed by atoms with Gasteiger partial charge in [-0.3, -0.25) is 14.3 Å². The zero-order valence-corrected chi connectivity index (χ0v) is 23.8. The molecule has 234 valence electrons. The van der Waals surface area contributed by atoms with Gasteiger partial charge in [0, 0.05) is 29.6 Å². The highest BCUT2D eigenvalue weighted by atomic mass is 32.2. The molecule has 3 N–H and O–H groups in total. The topological polar surface area (TPSA) is 157 Å². The molecule has 2 saturated carbocycles. The number of carboxylic acids is 1. The molecule has 2 aliphatic rings. The summed E-state index contributed by atoms with van der Waals surface area (Å²) < 4.78 is 84.0. The number of carbonyl (C=O) groups excluding carboxylic acids is 2. The summed E-state index contributed by atoms with van der Waals surface area (Å²) in [5, 5.41) is 18.6. The smallest absolute Gasteiger partial charge is 0.496 e. The number of nitrogens with zero attached hydrogens (tertiary/aromatic N) is 2. The Balaban J connectivity index is 1.38. The zero-order valence-electron chi connectivity index (χ0n) is 23.0. The number of hydrogen-bond donors (Lipinski definition) is 3. The summed E-state index contributed by atoms with van der Waals surface area (Å²) in [5.74, 6) is -4.45. The second kappa shape index (κ2) is 11.6. The Bertz CT molecular complexity index is 1740. The minimum absolute atomic E-state index is 0.0434. The maximum absolute atomic E-state index is 14.9. The van der Waals surface area contributed by atoms with E-state index in [2.05, 4.69) is 15.7 Å². The number of aromatic carboxylic acids is 1. The van der Waals surface area contributed by atoms with Gasteiger partial charge in [0.2, 0.25) is 5.91 Å². The fourth-order valence-electron chi connectivity index (χ4n) is 6.07. The summed E-state index contributed by atoms with van der Waals surface area (Å²) in [6.45, 7) is -0.299. The molecule has 0 radical (unpaired) electrons. The molecule has 2 amide bonds. The molecule has 44 heavy (non-hydrogen) atoms. The number of amides is 2. The Hall–Kier alpha value is -4.47. The second-order valence-corrected chi connectivity index (χ2v) is 12.6. The van der Waals surface area contributed by atoms with Crippen molar-refractivity contribution in [3.05, 3.63) is 71.3 Å². The highest BCUT2D eigenvalue weighted by Crippen LogP contribution is 2.49. The van der Waals surface area contributed by atoms with E-state index in [4.69, 9.17) is 4.74 Å². The molecule has 2 aromatic carbocycles. The predicted octanol–water partition coefficient (Wildman–Crippen LogP) is 3.85. The van der Waals surface area contributed by atoms with E-state index < -0.39 is 55.8 Å². The number of nitrogens with one attached hydrogen (secondary N) is 2. The van der Waals surface area contributed by atoms with Crippen LogP contribution in [0.3, 0.4) is 0 Å². The van der Waals surface area contributed by atoms with Crippen LogP contribution in [0.5, 0.6) is 5.75 Å². The zero-order chi connectivity index (χ0) is 32.0. The summed E-state index contributed by atoms with van der Waals surface area (Å²) in [4.78, 5) is 37.4. The molecule has 5 rings (SSSR count). The van der Waals surface area contributed by atoms with E-state index in [9.17, 15) is 45.5 Å². The van der Waals surface area contributed by atoms with Crippen molar-refractivity contribution in [3.63, 3.8) is 0 Å². The molecule has 4 unspecified atom stereocenters. The Kier molecular flexibility index (Phi) is 8.13. The number of hydrogen-bond acceptors (Lipinski definition) is 7. The number of aromatic nitrogens is 2. The maximum atomic E-state index is 14.9. The number of methoxy groups -OCH3 is 1. The molecule has 2 fully saturated rings. The van der Waals surface area contributed by atoms with Gasteiger partial charge in [0.05, 0.1) is 30.0 Å². The van der Waals surface area contributed by atoms with Crippen LogP contribution in [0.2, 0.25) is 0 Å². The highest BCUT2D eigenvalue weighted by Gasteiger charge is 2.52. The van der Waals surface area contributed by atoms with Crippen LogP contribution in [0.1, 0.15) is 45.7 Å². The molecule has 0 aliphatic heterocycles. The lowest BCUT2D eigenvalue weighted by Crippen LogP contribution is -2.48. The SMILES string of the molecule is COc1cc(F)c(Cn2nccc2C(=O)O)cc1C(=O)NC1C2CCC(C2)C1C(=O)Nc1cccc(S(=O)(=O)C(F)(F)F)c1. The van der Waals surface area contributed by atoms with Crippen molar-refractivity contribution >= 4 is 33.3 Å². The van der Waals surface area contributed by atoms with E-state index in [0.29, 0.717) is 19.3 Å². The number of ether oxygens (including phenoxy) is 1. The van der Waals surface area contributed by atoms with Crippen molar-refractivity contribution in [1.82, 2.24) is 15.1 Å². The minimum atomic E-state index is -5.64. The van der Waals surface area contributed by atoms with Crippen molar-refractivity contribution in [3.8, 4) is 5.75 Å². The molecule has 2 bridgehead atoms. The van der Waals surface area contributed by atoms with Crippen LogP contribution in [-0.4, -0.2) is 59.7 Å². The standard InChI is InChI=1S/C28H26F4N4O7S/c1-43-22-12-20(29)16(13-36-21(27(39)40)7-8-33-36)10-19(22)25(37)35-24-15-6-5-14(9-15)23(24)26(38)34-17-3-2-4-18(11-17)44(41,42)28(30,31)32/h2-4,7-8,10-12,14-15,23-24H,5-6,9,13H2,1H3,(H,34,38)(H,35,37)(H,39,40). The minimum Gasteiger partial charge on any atom is -0.496 e. The summed E-state index contributed by atoms with van der Waals surface area (Å²) in [6.07, 6.45) is 3.23. The van der Waals surface area contributed by atoms with Crippen LogP contribution in [0.15, 0.2) is 53.6 Å². The summed E-state index contributed by atoms with van der Waals surface area (Å²) in [7, 11) is -4.40. The number of carboxylic acid groups (broad SMARTS) is 1. The summed E-state index contributed by atoms with van der Waals surface area (Å²) in [5.41, 5.74) is -5.98. The van der Waals surface area contributed by atoms with Gasteiger partial charge in [0.15, 0.2) is 0 Å². The number of carbonyl (C=O) groups is 3. The molecular formula is C28H26F4N4O7S. The third-order valence-electron chi connectivity index (χ3n) is 8.10. The molecule has 0 spiro atoms. The van der Waals surface area contributed by atoms with Crippen molar-refractivity contribution < 1.29 is 50.2 Å². The van der Waals surface area contributed by atoms with Crippen LogP contribution in [0.4, 0.5) is 23.2 Å².